The number of nitrogens with one attached hydrogen (secondary N) is 1. The van der Waals surface area contributed by atoms with E-state index in [9.17, 15) is 0 Å². The number of rotatable bonds is 9. The van der Waals surface area contributed by atoms with Crippen LogP contribution in [0.1, 0.15) is 78.0 Å². The lowest BCUT2D eigenvalue weighted by molar-refractivity contribution is 0.702. The lowest BCUT2D eigenvalue weighted by atomic mass is 10.1. The highest BCUT2D eigenvalue weighted by atomic mass is 15.2. The summed E-state index contributed by atoms with van der Waals surface area (Å²) in [6, 6.07) is 3.88. The number of unbranched alkanes of at least 4 members (excludes halogenated alkanes) is 3. The van der Waals surface area contributed by atoms with Crippen molar-refractivity contribution in [3.8, 4) is 0 Å². The maximum Gasteiger partial charge on any atom is 0.151 e. The number of hydrogen-bond donors (Lipinski definition) is 1. The molecule has 0 spiro atoms. The van der Waals surface area contributed by atoms with E-state index in [1.165, 1.54) is 25.7 Å². The maximum absolute atomic E-state index is 4.63. The molecule has 174 valence electrons. The zero-order valence-corrected chi connectivity index (χ0v) is 20.9. The smallest absolute Gasteiger partial charge is 0.151 e. The fourth-order valence-electron chi connectivity index (χ4n) is 2.82. The fourth-order valence-corrected chi connectivity index (χ4v) is 2.82. The first kappa shape index (κ1) is 27.0. The SMILES string of the molecule is C/C=C\N=C(Nc1ccnc(C)c1)C(C)=N/C=C(\CC)c1cnn(C)c1.CCCCCC. The molecule has 0 amide bonds. The van der Waals surface area contributed by atoms with E-state index in [2.05, 4.69) is 46.2 Å². The monoisotopic (exact) mass is 436 g/mol. The van der Waals surface area contributed by atoms with Crippen molar-refractivity contribution in [1.82, 2.24) is 14.8 Å². The van der Waals surface area contributed by atoms with Crippen molar-refractivity contribution in [3.63, 3.8) is 0 Å². The standard InChI is InChI=1S/C20H26N6.C6H14/c1-6-9-22-20(25-19-8-10-21-15(3)11-19)16(4)23-12-17(7-2)18-13-24-26(5)14-18;1-3-5-6-4-2/h6,8-14H,7H2,1-5H3,(H,21,22,25);3-6H2,1-2H3/b9-6-,17-12+,23-16?;. The minimum absolute atomic E-state index is 0.701. The van der Waals surface area contributed by atoms with Crippen LogP contribution in [0.4, 0.5) is 5.69 Å². The Hall–Kier alpha value is -3.02. The molecule has 0 saturated carbocycles. The molecule has 2 heterocycles. The first-order valence-corrected chi connectivity index (χ1v) is 11.6. The molecule has 32 heavy (non-hydrogen) atoms. The van der Waals surface area contributed by atoms with Crippen LogP contribution >= 0.6 is 0 Å². The van der Waals surface area contributed by atoms with Gasteiger partial charge in [0.25, 0.3) is 0 Å². The van der Waals surface area contributed by atoms with E-state index in [0.29, 0.717) is 5.84 Å². The van der Waals surface area contributed by atoms with Gasteiger partial charge in [0.05, 0.1) is 11.9 Å². The molecule has 6 heteroatoms. The minimum Gasteiger partial charge on any atom is -0.339 e. The number of hydrogen-bond acceptors (Lipinski definition) is 4. The molecule has 1 N–H and O–H groups in total. The summed E-state index contributed by atoms with van der Waals surface area (Å²) in [6.45, 7) is 12.4. The first-order valence-electron chi connectivity index (χ1n) is 11.6. The molecule has 0 aliphatic rings. The van der Waals surface area contributed by atoms with E-state index in [1.807, 2.05) is 64.6 Å². The molecular weight excluding hydrogens is 396 g/mol. The second kappa shape index (κ2) is 15.7. The van der Waals surface area contributed by atoms with Crippen molar-refractivity contribution < 1.29 is 0 Å². The molecule has 0 atom stereocenters. The molecular formula is C26H40N6. The summed E-state index contributed by atoms with van der Waals surface area (Å²) < 4.78 is 1.79. The van der Waals surface area contributed by atoms with Gasteiger partial charge < -0.3 is 5.32 Å². The molecule has 6 nitrogen and oxygen atoms in total. The third kappa shape index (κ3) is 10.3. The van der Waals surface area contributed by atoms with Gasteiger partial charge in [-0.2, -0.15) is 5.10 Å². The molecule has 2 rings (SSSR count). The lowest BCUT2D eigenvalue weighted by Crippen LogP contribution is -2.20. The van der Waals surface area contributed by atoms with Crippen molar-refractivity contribution in [1.29, 1.82) is 0 Å². The predicted molar refractivity (Wildman–Crippen MR) is 139 cm³/mol. The molecule has 0 bridgehead atoms. The van der Waals surface area contributed by atoms with Crippen LogP contribution in [0, 0.1) is 6.92 Å². The van der Waals surface area contributed by atoms with E-state index in [-0.39, 0.29) is 0 Å². The topological polar surface area (TPSA) is 67.5 Å². The number of nitrogens with zero attached hydrogens (tertiary/aromatic N) is 5. The molecule has 2 aromatic heterocycles. The first-order chi connectivity index (χ1) is 15.4. The minimum atomic E-state index is 0.701. The van der Waals surface area contributed by atoms with Gasteiger partial charge in [-0.1, -0.05) is 52.5 Å². The number of aryl methyl sites for hydroxylation is 2. The summed E-state index contributed by atoms with van der Waals surface area (Å²) in [5.74, 6) is 0.701. The van der Waals surface area contributed by atoms with E-state index in [0.717, 1.165) is 34.7 Å². The van der Waals surface area contributed by atoms with Crippen LogP contribution in [0.25, 0.3) is 5.57 Å². The Labute approximate surface area is 194 Å². The van der Waals surface area contributed by atoms with Gasteiger partial charge in [-0.3, -0.25) is 14.7 Å². The van der Waals surface area contributed by atoms with Gasteiger partial charge in [0.2, 0.25) is 0 Å². The van der Waals surface area contributed by atoms with Crippen molar-refractivity contribution in [2.45, 2.75) is 73.6 Å². The molecule has 0 unspecified atom stereocenters. The summed E-state index contributed by atoms with van der Waals surface area (Å²) >= 11 is 0. The Morgan fingerprint density at radius 2 is 1.88 bits per heavy atom. The van der Waals surface area contributed by atoms with Crippen molar-refractivity contribution in [2.75, 3.05) is 5.32 Å². The van der Waals surface area contributed by atoms with Crippen LogP contribution < -0.4 is 5.32 Å². The molecule has 0 fully saturated rings. The van der Waals surface area contributed by atoms with Gasteiger partial charge in [-0.25, -0.2) is 4.99 Å². The second-order valence-electron chi connectivity index (χ2n) is 7.60. The Bertz CT molecular complexity index is 914. The number of allylic oxidation sites excluding steroid dienone is 2. The second-order valence-corrected chi connectivity index (χ2v) is 7.60. The van der Waals surface area contributed by atoms with E-state index in [1.54, 1.807) is 17.1 Å². The quantitative estimate of drug-likeness (QED) is 0.262. The predicted octanol–water partition coefficient (Wildman–Crippen LogP) is 6.97. The molecule has 0 radical (unpaired) electrons. The Balaban J connectivity index is 0.000000751. The average Bonchev–Trinajstić information content (AvgIpc) is 3.22. The van der Waals surface area contributed by atoms with Crippen LogP contribution in [0.3, 0.4) is 0 Å². The van der Waals surface area contributed by atoms with Gasteiger partial charge in [-0.05, 0) is 44.9 Å². The van der Waals surface area contributed by atoms with Crippen LogP contribution in [-0.4, -0.2) is 26.3 Å². The summed E-state index contributed by atoms with van der Waals surface area (Å²) in [6.07, 6.45) is 17.6. The molecule has 0 saturated heterocycles. The van der Waals surface area contributed by atoms with Crippen LogP contribution in [0.15, 0.2) is 59.2 Å². The van der Waals surface area contributed by atoms with Gasteiger partial charge in [0.1, 0.15) is 0 Å². The van der Waals surface area contributed by atoms with Gasteiger partial charge in [0.15, 0.2) is 5.84 Å². The summed E-state index contributed by atoms with van der Waals surface area (Å²) in [7, 11) is 1.91. The van der Waals surface area contributed by atoms with Gasteiger partial charge in [0, 0.05) is 48.8 Å². The lowest BCUT2D eigenvalue weighted by Gasteiger charge is -2.09. The van der Waals surface area contributed by atoms with Gasteiger partial charge >= 0.3 is 0 Å². The van der Waals surface area contributed by atoms with Crippen LogP contribution in [0.5, 0.6) is 0 Å². The highest BCUT2D eigenvalue weighted by Gasteiger charge is 2.06. The van der Waals surface area contributed by atoms with Gasteiger partial charge in [-0.15, -0.1) is 0 Å². The number of aromatic nitrogens is 3. The Morgan fingerprint density at radius 3 is 2.41 bits per heavy atom. The number of aliphatic imine (C=N–C) groups is 2. The highest BCUT2D eigenvalue weighted by Crippen LogP contribution is 2.17. The Kier molecular flexibility index (Phi) is 13.3. The zero-order chi connectivity index (χ0) is 23.8. The zero-order valence-electron chi connectivity index (χ0n) is 20.9. The maximum atomic E-state index is 4.63. The molecule has 2 aromatic rings. The summed E-state index contributed by atoms with van der Waals surface area (Å²) in [4.78, 5) is 13.3. The molecule has 0 aliphatic heterocycles. The van der Waals surface area contributed by atoms with Crippen molar-refractivity contribution in [2.24, 2.45) is 17.0 Å². The molecule has 0 aromatic carbocycles. The fraction of sp³-hybridized carbons (Fsp3) is 0.462. The summed E-state index contributed by atoms with van der Waals surface area (Å²) in [5, 5.41) is 7.55. The van der Waals surface area contributed by atoms with Crippen molar-refractivity contribution in [3.05, 3.63) is 60.5 Å². The number of amidine groups is 1. The summed E-state index contributed by atoms with van der Waals surface area (Å²) in [5.41, 5.74) is 4.88. The molecule has 0 aliphatic carbocycles. The third-order valence-electron chi connectivity index (χ3n) is 4.68. The van der Waals surface area contributed by atoms with E-state index >= 15 is 0 Å². The van der Waals surface area contributed by atoms with E-state index < -0.39 is 0 Å². The Morgan fingerprint density at radius 1 is 1.16 bits per heavy atom. The third-order valence-corrected chi connectivity index (χ3v) is 4.68. The van der Waals surface area contributed by atoms with Crippen LogP contribution in [-0.2, 0) is 7.05 Å². The number of pyridine rings is 1. The van der Waals surface area contributed by atoms with E-state index in [4.69, 9.17) is 0 Å². The largest absolute Gasteiger partial charge is 0.339 e. The number of anilines is 1. The normalized spacial score (nSPS) is 12.7. The van der Waals surface area contributed by atoms with Crippen molar-refractivity contribution >= 4 is 22.8 Å². The van der Waals surface area contributed by atoms with Crippen LogP contribution in [0.2, 0.25) is 0 Å². The average molecular weight is 437 g/mol. The highest BCUT2D eigenvalue weighted by molar-refractivity contribution is 6.45.